The fraction of sp³-hybridized carbons (Fsp3) is 0. The molecule has 2 aromatic carbocycles. The van der Waals surface area contributed by atoms with Crippen LogP contribution in [0.15, 0.2) is 52.2 Å². The molecule has 13 nitrogen and oxygen atoms in total. The van der Waals surface area contributed by atoms with Crippen LogP contribution in [0.2, 0.25) is 10.0 Å². The minimum atomic E-state index is -0.731. The van der Waals surface area contributed by atoms with Gasteiger partial charge >= 0.3 is 0 Å². The first-order valence-corrected chi connectivity index (χ1v) is 9.68. The van der Waals surface area contributed by atoms with Crippen LogP contribution in [0.5, 0.6) is 0 Å². The Bertz CT molecular complexity index is 1380. The number of hydrogen-bond donors (Lipinski definition) is 2. The number of nitrogens with zero attached hydrogens (tertiary/aromatic N) is 7. The second-order valence-corrected chi connectivity index (χ2v) is 7.18. The molecule has 0 saturated carbocycles. The molecule has 4 rings (SSSR count). The van der Waals surface area contributed by atoms with Crippen molar-refractivity contribution in [3.05, 3.63) is 73.9 Å². The van der Waals surface area contributed by atoms with E-state index in [1.165, 1.54) is 36.5 Å². The zero-order chi connectivity index (χ0) is 23.5. The van der Waals surface area contributed by atoms with Crippen molar-refractivity contribution in [1.29, 1.82) is 0 Å². The highest BCUT2D eigenvalue weighted by Gasteiger charge is 2.25. The number of carbonyl (C=O) groups excluding carboxylic acids is 1. The number of aromatic nitrogens is 5. The summed E-state index contributed by atoms with van der Waals surface area (Å²) in [7, 11) is 0. The Labute approximate surface area is 193 Å². The average molecular weight is 488 g/mol. The molecule has 0 aliphatic heterocycles. The van der Waals surface area contributed by atoms with Crippen LogP contribution in [0.1, 0.15) is 16.1 Å². The van der Waals surface area contributed by atoms with Crippen molar-refractivity contribution in [2.75, 3.05) is 5.73 Å². The van der Waals surface area contributed by atoms with Gasteiger partial charge in [-0.2, -0.15) is 9.78 Å². The number of carbonyl (C=O) groups is 1. The second kappa shape index (κ2) is 9.02. The Morgan fingerprint density at radius 1 is 1.21 bits per heavy atom. The number of nitrogen functional groups attached to an aromatic ring is 1. The number of nitro benzene ring substituents is 1. The molecular weight excluding hydrogens is 477 g/mol. The van der Waals surface area contributed by atoms with Gasteiger partial charge in [0.1, 0.15) is 5.69 Å². The first-order valence-electron chi connectivity index (χ1n) is 8.92. The molecule has 0 fully saturated rings. The molecule has 166 valence electrons. The summed E-state index contributed by atoms with van der Waals surface area (Å²) in [4.78, 5) is 23.2. The lowest BCUT2D eigenvalue weighted by Crippen LogP contribution is -2.19. The molecule has 0 unspecified atom stereocenters. The number of nitro groups is 1. The fourth-order valence-electron chi connectivity index (χ4n) is 2.74. The van der Waals surface area contributed by atoms with E-state index in [9.17, 15) is 14.9 Å². The van der Waals surface area contributed by atoms with Crippen molar-refractivity contribution in [2.24, 2.45) is 5.10 Å². The third-order valence-electron chi connectivity index (χ3n) is 4.27. The molecule has 0 radical (unpaired) electrons. The van der Waals surface area contributed by atoms with Crippen LogP contribution in [0.25, 0.3) is 17.1 Å². The summed E-state index contributed by atoms with van der Waals surface area (Å²) in [6.45, 7) is 0. The first kappa shape index (κ1) is 21.9. The van der Waals surface area contributed by atoms with Crippen molar-refractivity contribution in [2.45, 2.75) is 0 Å². The van der Waals surface area contributed by atoms with Gasteiger partial charge in [-0.15, -0.1) is 5.10 Å². The molecule has 2 aromatic heterocycles. The summed E-state index contributed by atoms with van der Waals surface area (Å²) in [5, 5.41) is 30.6. The van der Waals surface area contributed by atoms with E-state index in [0.717, 1.165) is 4.68 Å². The lowest BCUT2D eigenvalue weighted by atomic mass is 10.1. The van der Waals surface area contributed by atoms with Crippen LogP contribution in [-0.4, -0.2) is 42.4 Å². The maximum absolute atomic E-state index is 12.8. The maximum atomic E-state index is 12.8. The van der Waals surface area contributed by atoms with E-state index in [0.29, 0.717) is 21.2 Å². The summed E-state index contributed by atoms with van der Waals surface area (Å²) >= 11 is 11.9. The Kier molecular flexibility index (Phi) is 5.97. The van der Waals surface area contributed by atoms with Gasteiger partial charge in [0.25, 0.3) is 11.6 Å². The topological polar surface area (TPSA) is 180 Å². The van der Waals surface area contributed by atoms with E-state index in [-0.39, 0.29) is 28.7 Å². The molecule has 0 aliphatic rings. The molecule has 0 spiro atoms. The molecule has 3 N–H and O–H groups in total. The molecule has 4 aromatic rings. The highest BCUT2D eigenvalue weighted by atomic mass is 35.5. The van der Waals surface area contributed by atoms with E-state index in [1.54, 1.807) is 12.1 Å². The summed E-state index contributed by atoms with van der Waals surface area (Å²) < 4.78 is 5.72. The van der Waals surface area contributed by atoms with Crippen LogP contribution in [-0.2, 0) is 0 Å². The Morgan fingerprint density at radius 2 is 1.97 bits per heavy atom. The normalized spacial score (nSPS) is 11.1. The zero-order valence-electron chi connectivity index (χ0n) is 16.2. The second-order valence-electron chi connectivity index (χ2n) is 6.34. The molecule has 0 aliphatic carbocycles. The number of benzene rings is 2. The first-order chi connectivity index (χ1) is 15.8. The molecular formula is C18H11Cl2N9O4. The van der Waals surface area contributed by atoms with Crippen LogP contribution in [0.3, 0.4) is 0 Å². The standard InChI is InChI=1S/C18H11Cl2N9O4/c19-11-4-1-10(13(20)7-11)8-22-24-18(30)14-15(9-2-5-12(6-3-9)29(31)32)28(27-23-14)17-16(21)25-33-26-17/h1-8H,(H2,21,25)(H,24,30). The van der Waals surface area contributed by atoms with Crippen molar-refractivity contribution >= 4 is 46.8 Å². The smallest absolute Gasteiger partial charge is 0.294 e. The van der Waals surface area contributed by atoms with E-state index in [4.69, 9.17) is 28.9 Å². The highest BCUT2D eigenvalue weighted by molar-refractivity contribution is 6.36. The van der Waals surface area contributed by atoms with E-state index in [1.807, 2.05) is 0 Å². The fourth-order valence-corrected chi connectivity index (χ4v) is 3.20. The Hall–Kier alpha value is -4.36. The third kappa shape index (κ3) is 4.49. The van der Waals surface area contributed by atoms with Crippen LogP contribution in [0, 0.1) is 10.1 Å². The van der Waals surface area contributed by atoms with Crippen LogP contribution >= 0.6 is 23.2 Å². The third-order valence-corrected chi connectivity index (χ3v) is 4.83. The SMILES string of the molecule is Nc1nonc1-n1nnc(C(=O)NN=Cc2ccc(Cl)cc2Cl)c1-c1ccc([N+](=O)[O-])cc1. The lowest BCUT2D eigenvalue weighted by Gasteiger charge is -2.05. The summed E-state index contributed by atoms with van der Waals surface area (Å²) in [5.41, 5.74) is 8.78. The van der Waals surface area contributed by atoms with E-state index < -0.39 is 10.8 Å². The molecule has 2 heterocycles. The number of non-ortho nitro benzene ring substituents is 1. The minimum absolute atomic E-state index is 0.0219. The number of amides is 1. The van der Waals surface area contributed by atoms with Crippen LogP contribution in [0.4, 0.5) is 11.5 Å². The number of anilines is 1. The van der Waals surface area contributed by atoms with Gasteiger partial charge in [0.2, 0.25) is 11.6 Å². The Balaban J connectivity index is 1.69. The van der Waals surface area contributed by atoms with Gasteiger partial charge in [0.15, 0.2) is 5.69 Å². The minimum Gasteiger partial charge on any atom is -0.378 e. The van der Waals surface area contributed by atoms with Gasteiger partial charge in [-0.25, -0.2) is 10.1 Å². The molecule has 33 heavy (non-hydrogen) atoms. The molecule has 0 atom stereocenters. The monoisotopic (exact) mass is 487 g/mol. The lowest BCUT2D eigenvalue weighted by molar-refractivity contribution is -0.384. The molecule has 15 heteroatoms. The molecule has 1 amide bonds. The number of hydrogen-bond acceptors (Lipinski definition) is 10. The Morgan fingerprint density at radius 3 is 2.61 bits per heavy atom. The van der Waals surface area contributed by atoms with E-state index in [2.05, 4.69) is 35.8 Å². The number of nitrogens with one attached hydrogen (secondary N) is 1. The summed E-state index contributed by atoms with van der Waals surface area (Å²) in [6, 6.07) is 10.1. The van der Waals surface area contributed by atoms with Gasteiger partial charge in [0, 0.05) is 28.3 Å². The van der Waals surface area contributed by atoms with Gasteiger partial charge < -0.3 is 5.73 Å². The van der Waals surface area contributed by atoms with Crippen molar-refractivity contribution in [3.63, 3.8) is 0 Å². The summed E-state index contributed by atoms with van der Waals surface area (Å²) in [5.74, 6) is -0.859. The molecule has 0 saturated heterocycles. The van der Waals surface area contributed by atoms with Crippen LogP contribution < -0.4 is 11.2 Å². The largest absolute Gasteiger partial charge is 0.378 e. The van der Waals surface area contributed by atoms with Crippen molar-refractivity contribution in [3.8, 4) is 17.1 Å². The highest BCUT2D eigenvalue weighted by Crippen LogP contribution is 2.28. The number of halogens is 2. The number of nitrogens with two attached hydrogens (primary N) is 1. The average Bonchev–Trinajstić information content (AvgIpc) is 3.41. The predicted molar refractivity (Wildman–Crippen MR) is 117 cm³/mol. The quantitative estimate of drug-likeness (QED) is 0.234. The zero-order valence-corrected chi connectivity index (χ0v) is 17.7. The van der Waals surface area contributed by atoms with Crippen molar-refractivity contribution < 1.29 is 14.3 Å². The predicted octanol–water partition coefficient (Wildman–Crippen LogP) is 2.88. The van der Waals surface area contributed by atoms with Gasteiger partial charge in [-0.3, -0.25) is 14.9 Å². The van der Waals surface area contributed by atoms with Gasteiger partial charge in [-0.1, -0.05) is 34.5 Å². The number of hydrazone groups is 1. The number of rotatable bonds is 6. The molecule has 0 bridgehead atoms. The van der Waals surface area contributed by atoms with Crippen molar-refractivity contribution in [1.82, 2.24) is 30.7 Å². The van der Waals surface area contributed by atoms with E-state index >= 15 is 0 Å². The summed E-state index contributed by atoms with van der Waals surface area (Å²) in [6.07, 6.45) is 1.33. The maximum Gasteiger partial charge on any atom is 0.294 e. The van der Waals surface area contributed by atoms with Gasteiger partial charge in [0.05, 0.1) is 16.2 Å². The van der Waals surface area contributed by atoms with Gasteiger partial charge in [-0.05, 0) is 34.6 Å².